The van der Waals surface area contributed by atoms with Crippen molar-refractivity contribution in [1.29, 1.82) is 0 Å². The molecule has 0 aromatic heterocycles. The molecule has 0 heterocycles. The summed E-state index contributed by atoms with van der Waals surface area (Å²) >= 11 is 14.2. The first-order valence-corrected chi connectivity index (χ1v) is 4.77. The van der Waals surface area contributed by atoms with E-state index in [4.69, 9.17) is 23.2 Å². The van der Waals surface area contributed by atoms with Crippen LogP contribution in [0.3, 0.4) is 0 Å². The molecule has 0 aliphatic carbocycles. The number of hydrogen-bond donors (Lipinski definition) is 0. The summed E-state index contributed by atoms with van der Waals surface area (Å²) in [6.07, 6.45) is 0.233. The monoisotopic (exact) mass is 266 g/mol. The lowest BCUT2D eigenvalue weighted by Crippen LogP contribution is -1.92. The molecule has 1 aromatic rings. The average molecular weight is 268 g/mol. The molecular weight excluding hydrogens is 263 g/mol. The van der Waals surface area contributed by atoms with Crippen molar-refractivity contribution in [3.05, 3.63) is 33.3 Å². The van der Waals surface area contributed by atoms with Gasteiger partial charge in [-0.3, -0.25) is 4.79 Å². The van der Waals surface area contributed by atoms with Gasteiger partial charge in [0, 0.05) is 10.9 Å². The standard InChI is InChI=1S/C8H5BrCl2O/c9-6-3-5(4-8(11)12)1-2-7(6)10/h1-3H,4H2. The van der Waals surface area contributed by atoms with E-state index in [9.17, 15) is 4.79 Å². The summed E-state index contributed by atoms with van der Waals surface area (Å²) in [5.41, 5.74) is 0.853. The fourth-order valence-corrected chi connectivity index (χ4v) is 1.51. The first-order chi connectivity index (χ1) is 5.59. The lowest BCUT2D eigenvalue weighted by atomic mass is 10.2. The van der Waals surface area contributed by atoms with Gasteiger partial charge in [-0.25, -0.2) is 0 Å². The Kier molecular flexibility index (Phi) is 3.56. The Hall–Kier alpha value is -0.0500. The molecule has 0 N–H and O–H groups in total. The number of halogens is 3. The zero-order valence-corrected chi connectivity index (χ0v) is 9.08. The van der Waals surface area contributed by atoms with Crippen LogP contribution in [0, 0.1) is 0 Å². The molecular formula is C8H5BrCl2O. The Bertz CT molecular complexity index is 312. The Balaban J connectivity index is 2.89. The van der Waals surface area contributed by atoms with Gasteiger partial charge in [-0.1, -0.05) is 17.7 Å². The fourth-order valence-electron chi connectivity index (χ4n) is 0.810. The van der Waals surface area contributed by atoms with E-state index in [2.05, 4.69) is 15.9 Å². The smallest absolute Gasteiger partial charge is 0.226 e. The number of rotatable bonds is 2. The van der Waals surface area contributed by atoms with Crippen LogP contribution in [0.2, 0.25) is 5.02 Å². The Morgan fingerprint density at radius 2 is 2.17 bits per heavy atom. The van der Waals surface area contributed by atoms with Crippen molar-refractivity contribution < 1.29 is 4.79 Å². The molecule has 12 heavy (non-hydrogen) atoms. The van der Waals surface area contributed by atoms with Gasteiger partial charge in [-0.05, 0) is 45.2 Å². The molecule has 0 radical (unpaired) electrons. The number of benzene rings is 1. The van der Waals surface area contributed by atoms with Crippen LogP contribution in [0.4, 0.5) is 0 Å². The summed E-state index contributed by atoms with van der Waals surface area (Å²) in [6, 6.07) is 5.27. The van der Waals surface area contributed by atoms with Crippen molar-refractivity contribution in [2.75, 3.05) is 0 Å². The third kappa shape index (κ3) is 2.77. The largest absolute Gasteiger partial charge is 0.281 e. The predicted octanol–water partition coefficient (Wildman–Crippen LogP) is 3.41. The minimum atomic E-state index is -0.371. The van der Waals surface area contributed by atoms with Gasteiger partial charge >= 0.3 is 0 Å². The molecule has 1 rings (SSSR count). The quantitative estimate of drug-likeness (QED) is 0.751. The van der Waals surface area contributed by atoms with Crippen LogP contribution in [0.15, 0.2) is 22.7 Å². The highest BCUT2D eigenvalue weighted by atomic mass is 79.9. The minimum Gasteiger partial charge on any atom is -0.281 e. The molecule has 0 fully saturated rings. The SMILES string of the molecule is O=C(Cl)Cc1ccc(Cl)c(Br)c1. The number of hydrogen-bond acceptors (Lipinski definition) is 1. The maximum atomic E-state index is 10.5. The van der Waals surface area contributed by atoms with Gasteiger partial charge in [0.05, 0.1) is 5.02 Å². The van der Waals surface area contributed by atoms with Crippen molar-refractivity contribution in [2.24, 2.45) is 0 Å². The van der Waals surface area contributed by atoms with Crippen LogP contribution in [-0.4, -0.2) is 5.24 Å². The van der Waals surface area contributed by atoms with Crippen LogP contribution in [0.5, 0.6) is 0 Å². The summed E-state index contributed by atoms with van der Waals surface area (Å²) in [6.45, 7) is 0. The second-order valence-corrected chi connectivity index (χ2v) is 3.96. The molecule has 0 aliphatic rings. The van der Waals surface area contributed by atoms with Crippen LogP contribution in [0.1, 0.15) is 5.56 Å². The number of carbonyl (C=O) groups is 1. The maximum Gasteiger partial charge on any atom is 0.226 e. The van der Waals surface area contributed by atoms with Crippen molar-refractivity contribution in [1.82, 2.24) is 0 Å². The summed E-state index contributed by atoms with van der Waals surface area (Å²) in [5.74, 6) is 0. The van der Waals surface area contributed by atoms with Gasteiger partial charge in [0.2, 0.25) is 5.24 Å². The van der Waals surface area contributed by atoms with E-state index in [0.717, 1.165) is 10.0 Å². The van der Waals surface area contributed by atoms with E-state index in [0.29, 0.717) is 5.02 Å². The topological polar surface area (TPSA) is 17.1 Å². The van der Waals surface area contributed by atoms with Gasteiger partial charge < -0.3 is 0 Å². The summed E-state index contributed by atoms with van der Waals surface area (Å²) in [5, 5.41) is 0.255. The third-order valence-electron chi connectivity index (χ3n) is 1.33. The van der Waals surface area contributed by atoms with Gasteiger partial charge in [-0.2, -0.15) is 0 Å². The summed E-state index contributed by atoms with van der Waals surface area (Å²) < 4.78 is 0.777. The Labute approximate surface area is 88.8 Å². The van der Waals surface area contributed by atoms with Gasteiger partial charge in [0.1, 0.15) is 0 Å². The van der Waals surface area contributed by atoms with E-state index in [1.807, 2.05) is 0 Å². The van der Waals surface area contributed by atoms with E-state index in [1.165, 1.54) is 0 Å². The van der Waals surface area contributed by atoms with Crippen LogP contribution >= 0.6 is 39.1 Å². The fraction of sp³-hybridized carbons (Fsp3) is 0.125. The first kappa shape index (κ1) is 10.0. The lowest BCUT2D eigenvalue weighted by Gasteiger charge is -1.99. The van der Waals surface area contributed by atoms with Crippen molar-refractivity contribution in [3.8, 4) is 0 Å². The molecule has 0 unspecified atom stereocenters. The zero-order valence-electron chi connectivity index (χ0n) is 5.98. The van der Waals surface area contributed by atoms with Gasteiger partial charge in [0.25, 0.3) is 0 Å². The second-order valence-electron chi connectivity index (χ2n) is 2.28. The molecule has 4 heteroatoms. The zero-order chi connectivity index (χ0) is 9.14. The summed E-state index contributed by atoms with van der Waals surface area (Å²) in [7, 11) is 0. The van der Waals surface area contributed by atoms with E-state index in [-0.39, 0.29) is 11.7 Å². The maximum absolute atomic E-state index is 10.5. The molecule has 1 nitrogen and oxygen atoms in total. The van der Waals surface area contributed by atoms with Gasteiger partial charge in [0.15, 0.2) is 0 Å². The van der Waals surface area contributed by atoms with Crippen LogP contribution < -0.4 is 0 Å². The molecule has 0 bridgehead atoms. The van der Waals surface area contributed by atoms with Crippen LogP contribution in [0.25, 0.3) is 0 Å². The van der Waals surface area contributed by atoms with Gasteiger partial charge in [-0.15, -0.1) is 0 Å². The highest BCUT2D eigenvalue weighted by molar-refractivity contribution is 9.10. The molecule has 0 aliphatic heterocycles. The first-order valence-electron chi connectivity index (χ1n) is 3.22. The molecule has 0 amide bonds. The van der Waals surface area contributed by atoms with E-state index < -0.39 is 0 Å². The third-order valence-corrected chi connectivity index (χ3v) is 2.67. The highest BCUT2D eigenvalue weighted by Crippen LogP contribution is 2.23. The summed E-state index contributed by atoms with van der Waals surface area (Å²) in [4.78, 5) is 10.5. The Morgan fingerprint density at radius 1 is 1.50 bits per heavy atom. The van der Waals surface area contributed by atoms with E-state index >= 15 is 0 Å². The molecule has 0 saturated heterocycles. The van der Waals surface area contributed by atoms with Crippen LogP contribution in [-0.2, 0) is 11.2 Å². The predicted molar refractivity (Wildman–Crippen MR) is 53.7 cm³/mol. The second kappa shape index (κ2) is 4.26. The van der Waals surface area contributed by atoms with Crippen molar-refractivity contribution >= 4 is 44.4 Å². The van der Waals surface area contributed by atoms with Crippen molar-refractivity contribution in [3.63, 3.8) is 0 Å². The molecule has 64 valence electrons. The Morgan fingerprint density at radius 3 is 2.67 bits per heavy atom. The molecule has 0 saturated carbocycles. The number of carbonyl (C=O) groups excluding carboxylic acids is 1. The normalized spacial score (nSPS) is 9.92. The van der Waals surface area contributed by atoms with E-state index in [1.54, 1.807) is 18.2 Å². The molecule has 0 atom stereocenters. The lowest BCUT2D eigenvalue weighted by molar-refractivity contribution is -0.111. The minimum absolute atomic E-state index is 0.233. The van der Waals surface area contributed by atoms with Crippen molar-refractivity contribution in [2.45, 2.75) is 6.42 Å². The average Bonchev–Trinajstić information content (AvgIpc) is 1.96. The highest BCUT2D eigenvalue weighted by Gasteiger charge is 2.02. The molecule has 1 aromatic carbocycles. The molecule has 0 spiro atoms.